The maximum Gasteiger partial charge on any atom is 0.269 e. The number of ketones is 1. The number of non-ortho nitro benzene ring substituents is 1. The molecule has 1 aliphatic rings. The predicted octanol–water partition coefficient (Wildman–Crippen LogP) is 5.44. The Kier molecular flexibility index (Phi) is 7.62. The van der Waals surface area contributed by atoms with E-state index in [9.17, 15) is 14.9 Å². The van der Waals surface area contributed by atoms with Crippen LogP contribution in [0.1, 0.15) is 27.9 Å². The lowest BCUT2D eigenvalue weighted by Crippen LogP contribution is -2.43. The highest BCUT2D eigenvalue weighted by Gasteiger charge is 2.44. The maximum absolute atomic E-state index is 13.6. The zero-order valence-corrected chi connectivity index (χ0v) is 19.0. The van der Waals surface area contributed by atoms with E-state index in [2.05, 4.69) is 23.6 Å². The molecule has 3 aromatic rings. The Morgan fingerprint density at radius 1 is 1.00 bits per heavy atom. The first-order chi connectivity index (χ1) is 16.6. The van der Waals surface area contributed by atoms with Gasteiger partial charge in [0.1, 0.15) is 0 Å². The molecule has 0 unspecified atom stereocenters. The number of nitro groups is 1. The number of carbonyl (C=O) groups excluding carboxylic acids is 1. The van der Waals surface area contributed by atoms with Crippen LogP contribution < -0.4 is 0 Å². The SMILES string of the molecule is C=C[C@@H]1C[C@H](COCc2ccccc2)N(Cc2ccccc2)[C@H]1C(=O)c1ccc([N+](=O)[O-])cc1. The van der Waals surface area contributed by atoms with Gasteiger partial charge in [0.2, 0.25) is 0 Å². The highest BCUT2D eigenvalue weighted by molar-refractivity contribution is 6.00. The summed E-state index contributed by atoms with van der Waals surface area (Å²) in [7, 11) is 0. The van der Waals surface area contributed by atoms with Crippen molar-refractivity contribution < 1.29 is 14.5 Å². The summed E-state index contributed by atoms with van der Waals surface area (Å²) < 4.78 is 6.08. The van der Waals surface area contributed by atoms with Crippen molar-refractivity contribution >= 4 is 11.5 Å². The van der Waals surface area contributed by atoms with E-state index in [-0.39, 0.29) is 23.4 Å². The van der Waals surface area contributed by atoms with Gasteiger partial charge in [0.15, 0.2) is 5.78 Å². The van der Waals surface area contributed by atoms with E-state index in [0.717, 1.165) is 17.5 Å². The van der Waals surface area contributed by atoms with Crippen molar-refractivity contribution in [2.75, 3.05) is 6.61 Å². The summed E-state index contributed by atoms with van der Waals surface area (Å²) >= 11 is 0. The van der Waals surface area contributed by atoms with E-state index >= 15 is 0 Å². The number of Topliss-reactive ketones (excluding diaryl/α,β-unsaturated/α-hetero) is 1. The number of nitrogens with zero attached hydrogens (tertiary/aromatic N) is 2. The van der Waals surface area contributed by atoms with Gasteiger partial charge in [-0.05, 0) is 29.7 Å². The van der Waals surface area contributed by atoms with Gasteiger partial charge < -0.3 is 4.74 Å². The number of carbonyl (C=O) groups is 1. The van der Waals surface area contributed by atoms with Crippen LogP contribution in [0.25, 0.3) is 0 Å². The molecule has 0 aliphatic carbocycles. The number of hydrogen-bond donors (Lipinski definition) is 0. The summed E-state index contributed by atoms with van der Waals surface area (Å²) in [4.78, 5) is 26.4. The molecule has 0 amide bonds. The maximum atomic E-state index is 13.6. The van der Waals surface area contributed by atoms with Crippen molar-refractivity contribution in [1.82, 2.24) is 4.90 Å². The lowest BCUT2D eigenvalue weighted by molar-refractivity contribution is -0.384. The molecule has 0 saturated carbocycles. The van der Waals surface area contributed by atoms with Gasteiger partial charge in [0.05, 0.1) is 24.2 Å². The van der Waals surface area contributed by atoms with E-state index < -0.39 is 11.0 Å². The number of hydrogen-bond acceptors (Lipinski definition) is 5. The molecular weight excluding hydrogens is 428 g/mol. The Hall–Kier alpha value is -3.61. The first-order valence-corrected chi connectivity index (χ1v) is 11.4. The van der Waals surface area contributed by atoms with Crippen LogP contribution in [0, 0.1) is 16.0 Å². The average molecular weight is 457 g/mol. The van der Waals surface area contributed by atoms with Crippen molar-refractivity contribution in [1.29, 1.82) is 0 Å². The third kappa shape index (κ3) is 5.47. The van der Waals surface area contributed by atoms with Crippen LogP contribution in [0.5, 0.6) is 0 Å². The number of likely N-dealkylation sites (tertiary alicyclic amines) is 1. The normalized spacial score (nSPS) is 20.2. The highest BCUT2D eigenvalue weighted by atomic mass is 16.6. The molecule has 6 heteroatoms. The van der Waals surface area contributed by atoms with Crippen molar-refractivity contribution in [3.05, 3.63) is 124 Å². The van der Waals surface area contributed by atoms with Gasteiger partial charge in [0, 0.05) is 36.2 Å². The van der Waals surface area contributed by atoms with E-state index in [1.807, 2.05) is 54.6 Å². The topological polar surface area (TPSA) is 72.7 Å². The van der Waals surface area contributed by atoms with E-state index in [1.54, 1.807) is 12.1 Å². The predicted molar refractivity (Wildman–Crippen MR) is 131 cm³/mol. The smallest absolute Gasteiger partial charge is 0.269 e. The summed E-state index contributed by atoms with van der Waals surface area (Å²) in [5.74, 6) is -0.0991. The van der Waals surface area contributed by atoms with Crippen LogP contribution in [-0.4, -0.2) is 34.3 Å². The standard InChI is InChI=1S/C28H28N2O4/c1-2-23-17-26(20-34-19-22-11-7-4-8-12-22)29(18-21-9-5-3-6-10-21)27(23)28(31)24-13-15-25(16-14-24)30(32)33/h2-16,23,26-27H,1,17-20H2/t23-,26-,27-/m1/s1. The van der Waals surface area contributed by atoms with E-state index in [0.29, 0.717) is 25.3 Å². The van der Waals surface area contributed by atoms with Crippen LogP contribution in [0.3, 0.4) is 0 Å². The van der Waals surface area contributed by atoms with Crippen molar-refractivity contribution in [3.63, 3.8) is 0 Å². The Morgan fingerprint density at radius 2 is 1.62 bits per heavy atom. The molecular formula is C28H28N2O4. The average Bonchev–Trinajstić information content (AvgIpc) is 3.22. The van der Waals surface area contributed by atoms with Crippen LogP contribution in [0.4, 0.5) is 5.69 Å². The van der Waals surface area contributed by atoms with Gasteiger partial charge in [-0.15, -0.1) is 6.58 Å². The van der Waals surface area contributed by atoms with Crippen LogP contribution in [-0.2, 0) is 17.9 Å². The molecule has 0 aromatic heterocycles. The van der Waals surface area contributed by atoms with Gasteiger partial charge in [0.25, 0.3) is 5.69 Å². The third-order valence-corrected chi connectivity index (χ3v) is 6.34. The fourth-order valence-corrected chi connectivity index (χ4v) is 4.61. The van der Waals surface area contributed by atoms with Crippen LogP contribution in [0.15, 0.2) is 97.6 Å². The molecule has 1 heterocycles. The first kappa shape index (κ1) is 23.5. The fourth-order valence-electron chi connectivity index (χ4n) is 4.61. The van der Waals surface area contributed by atoms with Gasteiger partial charge in [-0.3, -0.25) is 19.8 Å². The molecule has 0 spiro atoms. The van der Waals surface area contributed by atoms with Crippen molar-refractivity contribution in [2.24, 2.45) is 5.92 Å². The molecule has 3 aromatic carbocycles. The Bertz CT molecular complexity index is 1120. The molecule has 4 rings (SSSR count). The van der Waals surface area contributed by atoms with Gasteiger partial charge in [-0.2, -0.15) is 0 Å². The number of ether oxygens (including phenoxy) is 1. The van der Waals surface area contributed by atoms with Crippen LogP contribution in [0.2, 0.25) is 0 Å². The second kappa shape index (κ2) is 11.0. The summed E-state index contributed by atoms with van der Waals surface area (Å²) in [5.41, 5.74) is 2.65. The third-order valence-electron chi connectivity index (χ3n) is 6.34. The van der Waals surface area contributed by atoms with Crippen molar-refractivity contribution in [2.45, 2.75) is 31.7 Å². The minimum absolute atomic E-state index is 0.0310. The molecule has 174 valence electrons. The number of nitro benzene ring substituents is 1. The number of rotatable bonds is 10. The minimum atomic E-state index is -0.460. The first-order valence-electron chi connectivity index (χ1n) is 11.4. The molecule has 0 N–H and O–H groups in total. The summed E-state index contributed by atoms with van der Waals surface area (Å²) in [5, 5.41) is 11.0. The highest BCUT2D eigenvalue weighted by Crippen LogP contribution is 2.35. The van der Waals surface area contributed by atoms with Gasteiger partial charge in [-0.25, -0.2) is 0 Å². The van der Waals surface area contributed by atoms with Crippen LogP contribution >= 0.6 is 0 Å². The number of benzene rings is 3. The second-order valence-electron chi connectivity index (χ2n) is 8.56. The second-order valence-corrected chi connectivity index (χ2v) is 8.56. The van der Waals surface area contributed by atoms with Gasteiger partial charge in [-0.1, -0.05) is 66.7 Å². The Balaban J connectivity index is 1.57. The molecule has 1 fully saturated rings. The molecule has 0 bridgehead atoms. The zero-order chi connectivity index (χ0) is 23.9. The summed E-state index contributed by atoms with van der Waals surface area (Å²) in [6, 6.07) is 25.6. The summed E-state index contributed by atoms with van der Waals surface area (Å²) in [6.45, 7) is 5.61. The molecule has 0 radical (unpaired) electrons. The Labute approximate surface area is 199 Å². The fraction of sp³-hybridized carbons (Fsp3) is 0.250. The monoisotopic (exact) mass is 456 g/mol. The van der Waals surface area contributed by atoms with Gasteiger partial charge >= 0.3 is 0 Å². The molecule has 1 saturated heterocycles. The largest absolute Gasteiger partial charge is 0.375 e. The lowest BCUT2D eigenvalue weighted by atomic mass is 9.92. The van der Waals surface area contributed by atoms with E-state index in [1.165, 1.54) is 12.1 Å². The minimum Gasteiger partial charge on any atom is -0.375 e. The zero-order valence-electron chi connectivity index (χ0n) is 19.0. The quantitative estimate of drug-likeness (QED) is 0.176. The summed E-state index contributed by atoms with van der Waals surface area (Å²) in [6.07, 6.45) is 2.61. The molecule has 3 atom stereocenters. The molecule has 34 heavy (non-hydrogen) atoms. The lowest BCUT2D eigenvalue weighted by Gasteiger charge is -2.30. The molecule has 1 aliphatic heterocycles. The molecule has 6 nitrogen and oxygen atoms in total. The van der Waals surface area contributed by atoms with Crippen molar-refractivity contribution in [3.8, 4) is 0 Å². The Morgan fingerprint density at radius 3 is 2.21 bits per heavy atom. The van der Waals surface area contributed by atoms with E-state index in [4.69, 9.17) is 4.74 Å².